The molecule has 0 bridgehead atoms. The van der Waals surface area contributed by atoms with Crippen LogP contribution in [0.15, 0.2) is 47.1 Å². The maximum Gasteiger partial charge on any atom is 0.269 e. The van der Waals surface area contributed by atoms with E-state index in [0.29, 0.717) is 6.54 Å². The Bertz CT molecular complexity index is 893. The quantitative estimate of drug-likeness (QED) is 0.528. The Morgan fingerprint density at radius 1 is 1.27 bits per heavy atom. The van der Waals surface area contributed by atoms with Crippen molar-refractivity contribution in [1.82, 2.24) is 5.32 Å². The zero-order valence-electron chi connectivity index (χ0n) is 13.7. The third kappa shape index (κ3) is 4.27. The Hall–Kier alpha value is -2.72. The number of non-ortho nitro benzene ring substituents is 1. The zero-order valence-corrected chi connectivity index (χ0v) is 14.5. The van der Waals surface area contributed by atoms with Gasteiger partial charge in [-0.1, -0.05) is 0 Å². The fourth-order valence-corrected chi connectivity index (χ4v) is 4.91. The van der Waals surface area contributed by atoms with Gasteiger partial charge < -0.3 is 15.1 Å². The van der Waals surface area contributed by atoms with Crippen molar-refractivity contribution < 1.29 is 27.9 Å². The van der Waals surface area contributed by atoms with Crippen LogP contribution < -0.4 is 10.6 Å². The summed E-state index contributed by atoms with van der Waals surface area (Å²) < 4.78 is 29.2. The molecule has 138 valence electrons. The third-order valence-electron chi connectivity index (χ3n) is 4.26. The lowest BCUT2D eigenvalue weighted by atomic mass is 10.1. The first-order valence-electron chi connectivity index (χ1n) is 7.95. The number of nitrogens with zero attached hydrogens (tertiary/aromatic N) is 1. The first-order chi connectivity index (χ1) is 12.3. The summed E-state index contributed by atoms with van der Waals surface area (Å²) in [4.78, 5) is 22.5. The smallest absolute Gasteiger partial charge is 0.269 e. The molecule has 2 heterocycles. The van der Waals surface area contributed by atoms with Crippen molar-refractivity contribution in [2.24, 2.45) is 0 Å². The van der Waals surface area contributed by atoms with Crippen molar-refractivity contribution >= 4 is 21.4 Å². The van der Waals surface area contributed by atoms with Crippen molar-refractivity contribution in [2.75, 3.05) is 11.5 Å². The second-order valence-electron chi connectivity index (χ2n) is 6.14. The van der Waals surface area contributed by atoms with Gasteiger partial charge in [0.2, 0.25) is 0 Å². The standard InChI is InChI=1S/C16H17N3O6S/c20-16(11-3-5-12(6-4-11)19(21)22)18-15-10-26(23,24)9-14(15)17-8-13-2-1-7-25-13/h1-7,14-15,17H,8-10H2,(H,18,20)/p+1/t14-,15+/m0/s1. The minimum Gasteiger partial charge on any atom is -0.463 e. The van der Waals surface area contributed by atoms with Crippen LogP contribution in [0.3, 0.4) is 0 Å². The molecule has 1 aliphatic rings. The van der Waals surface area contributed by atoms with Crippen molar-refractivity contribution in [3.63, 3.8) is 0 Å². The van der Waals surface area contributed by atoms with Gasteiger partial charge >= 0.3 is 0 Å². The molecule has 1 saturated heterocycles. The number of sulfone groups is 1. The Balaban J connectivity index is 1.67. The number of benzene rings is 1. The summed E-state index contributed by atoms with van der Waals surface area (Å²) in [5.74, 6) is 0.0948. The molecule has 1 fully saturated rings. The minimum absolute atomic E-state index is 0.0289. The topological polar surface area (TPSA) is 136 Å². The van der Waals surface area contributed by atoms with Crippen LogP contribution in [0.1, 0.15) is 16.1 Å². The van der Waals surface area contributed by atoms with Crippen molar-refractivity contribution in [1.29, 1.82) is 0 Å². The minimum atomic E-state index is -3.25. The number of nitro groups is 1. The van der Waals surface area contributed by atoms with Crippen molar-refractivity contribution in [3.05, 3.63) is 64.1 Å². The highest BCUT2D eigenvalue weighted by Crippen LogP contribution is 2.14. The van der Waals surface area contributed by atoms with Gasteiger partial charge in [0, 0.05) is 17.7 Å². The van der Waals surface area contributed by atoms with Crippen molar-refractivity contribution in [2.45, 2.75) is 18.6 Å². The van der Waals surface area contributed by atoms with Crippen LogP contribution in [-0.4, -0.2) is 42.8 Å². The fraction of sp³-hybridized carbons (Fsp3) is 0.312. The maximum absolute atomic E-state index is 12.4. The van der Waals surface area contributed by atoms with Crippen LogP contribution in [0.5, 0.6) is 0 Å². The van der Waals surface area contributed by atoms with Gasteiger partial charge in [-0.05, 0) is 24.3 Å². The number of nitrogens with one attached hydrogen (secondary N) is 1. The number of amides is 1. The monoisotopic (exact) mass is 380 g/mol. The Labute approximate surface area is 149 Å². The molecule has 1 aromatic heterocycles. The molecule has 1 amide bonds. The molecule has 2 atom stereocenters. The molecule has 0 spiro atoms. The highest BCUT2D eigenvalue weighted by atomic mass is 32.2. The number of rotatable bonds is 6. The number of nitro benzene ring substituents is 1. The van der Waals surface area contributed by atoms with E-state index < -0.39 is 26.7 Å². The van der Waals surface area contributed by atoms with Crippen LogP contribution in [0, 0.1) is 10.1 Å². The fourth-order valence-electron chi connectivity index (χ4n) is 2.94. The Morgan fingerprint density at radius 2 is 2.00 bits per heavy atom. The summed E-state index contributed by atoms with van der Waals surface area (Å²) in [6.45, 7) is 0.469. The first-order valence-corrected chi connectivity index (χ1v) is 9.78. The van der Waals surface area contributed by atoms with Gasteiger partial charge in [0.1, 0.15) is 18.3 Å². The van der Waals surface area contributed by atoms with Gasteiger partial charge in [-0.25, -0.2) is 8.42 Å². The maximum atomic E-state index is 12.4. The summed E-state index contributed by atoms with van der Waals surface area (Å²) >= 11 is 0. The molecule has 10 heteroatoms. The average Bonchev–Trinajstić information content (AvgIpc) is 3.20. The van der Waals surface area contributed by atoms with E-state index in [2.05, 4.69) is 5.32 Å². The predicted molar refractivity (Wildman–Crippen MR) is 91.1 cm³/mol. The summed E-state index contributed by atoms with van der Waals surface area (Å²) in [5, 5.41) is 15.2. The molecule has 0 aliphatic carbocycles. The van der Waals surface area contributed by atoms with Gasteiger partial charge in [0.05, 0.1) is 23.0 Å². The van der Waals surface area contributed by atoms with E-state index in [4.69, 9.17) is 4.42 Å². The van der Waals surface area contributed by atoms with Gasteiger partial charge in [0.15, 0.2) is 15.6 Å². The molecule has 3 N–H and O–H groups in total. The lowest BCUT2D eigenvalue weighted by Gasteiger charge is -2.17. The molecule has 0 unspecified atom stereocenters. The van der Waals surface area contributed by atoms with Gasteiger partial charge in [-0.15, -0.1) is 0 Å². The van der Waals surface area contributed by atoms with E-state index in [1.165, 1.54) is 24.3 Å². The summed E-state index contributed by atoms with van der Waals surface area (Å²) in [5.41, 5.74) is 0.124. The van der Waals surface area contributed by atoms with E-state index in [1.54, 1.807) is 18.4 Å². The van der Waals surface area contributed by atoms with Gasteiger partial charge in [-0.3, -0.25) is 14.9 Å². The molecular weight excluding hydrogens is 362 g/mol. The summed E-state index contributed by atoms with van der Waals surface area (Å²) in [6.07, 6.45) is 1.54. The van der Waals surface area contributed by atoms with Crippen LogP contribution in [-0.2, 0) is 16.4 Å². The molecule has 1 aliphatic heterocycles. The Morgan fingerprint density at radius 3 is 2.62 bits per heavy atom. The van der Waals surface area contributed by atoms with Gasteiger partial charge in [0.25, 0.3) is 11.6 Å². The SMILES string of the molecule is O=C(N[C@@H]1CS(=O)(=O)C[C@@H]1[NH2+]Cc1ccco1)c1ccc([N+](=O)[O-])cc1. The van der Waals surface area contributed by atoms with Crippen molar-refractivity contribution in [3.8, 4) is 0 Å². The van der Waals surface area contributed by atoms with Crippen LogP contribution in [0.2, 0.25) is 0 Å². The van der Waals surface area contributed by atoms with Gasteiger partial charge in [-0.2, -0.15) is 0 Å². The molecule has 9 nitrogen and oxygen atoms in total. The van der Waals surface area contributed by atoms with E-state index in [-0.39, 0.29) is 28.8 Å². The molecule has 0 saturated carbocycles. The number of quaternary nitrogens is 1. The number of nitrogens with two attached hydrogens (primary N) is 1. The number of carbonyl (C=O) groups is 1. The van der Waals surface area contributed by atoms with Crippen LogP contribution in [0.25, 0.3) is 0 Å². The molecule has 0 radical (unpaired) electrons. The largest absolute Gasteiger partial charge is 0.463 e. The van der Waals surface area contributed by atoms with E-state index in [0.717, 1.165) is 5.76 Å². The Kier molecular flexibility index (Phi) is 5.05. The average molecular weight is 380 g/mol. The second kappa shape index (κ2) is 7.26. The number of hydrogen-bond donors (Lipinski definition) is 2. The summed E-state index contributed by atoms with van der Waals surface area (Å²) in [7, 11) is -3.25. The third-order valence-corrected chi connectivity index (χ3v) is 6.02. The lowest BCUT2D eigenvalue weighted by molar-refractivity contribution is -0.702. The van der Waals surface area contributed by atoms with Crippen LogP contribution in [0.4, 0.5) is 5.69 Å². The second-order valence-corrected chi connectivity index (χ2v) is 8.30. The first kappa shape index (κ1) is 18.1. The number of hydrogen-bond acceptors (Lipinski definition) is 6. The predicted octanol–water partition coefficient (Wildman–Crippen LogP) is -0.153. The molecular formula is C16H18N3O6S+. The highest BCUT2D eigenvalue weighted by molar-refractivity contribution is 7.91. The van der Waals surface area contributed by atoms with E-state index >= 15 is 0 Å². The molecule has 2 aromatic rings. The zero-order chi connectivity index (χ0) is 18.7. The van der Waals surface area contributed by atoms with E-state index in [1.807, 2.05) is 5.32 Å². The lowest BCUT2D eigenvalue weighted by Crippen LogP contribution is -2.92. The normalized spacial score (nSPS) is 21.4. The van der Waals surface area contributed by atoms with E-state index in [9.17, 15) is 23.3 Å². The molecule has 26 heavy (non-hydrogen) atoms. The number of carbonyl (C=O) groups excluding carboxylic acids is 1. The van der Waals surface area contributed by atoms with Crippen LogP contribution >= 0.6 is 0 Å². The number of furan rings is 1. The highest BCUT2D eigenvalue weighted by Gasteiger charge is 2.41. The molecule has 1 aromatic carbocycles. The molecule has 3 rings (SSSR count). The summed E-state index contributed by atoms with van der Waals surface area (Å²) in [6, 6.07) is 7.84.